The summed E-state index contributed by atoms with van der Waals surface area (Å²) in [7, 11) is 0. The minimum atomic E-state index is -1.63. The standard InChI is InChI=1S/C28H45N3O6/c1-25(2,3)15-16-30-22(29)19-11-13-20-18(17-19)12-14-21(34-20)28(10,23(32)35-26(4,5)6)37-31-24(33)36-27(7,8)9/h11,13,17,21H,12,14-16H2,1-10H3,(H2,29,30)(H,31,33). The maximum atomic E-state index is 13.3. The molecule has 9 nitrogen and oxygen atoms in total. The SMILES string of the molecule is CC(C)(C)CCN=C(N)c1ccc2c(c1)CCC(C(C)(ONC(=O)OC(C)(C)C)C(=O)OC(C)(C)C)O2. The van der Waals surface area contributed by atoms with Crippen LogP contribution in [0.15, 0.2) is 23.2 Å². The number of esters is 1. The Hall–Kier alpha value is -2.81. The summed E-state index contributed by atoms with van der Waals surface area (Å²) in [6.07, 6.45) is 0.447. The number of benzene rings is 1. The lowest BCUT2D eigenvalue weighted by Gasteiger charge is -2.39. The second-order valence-electron chi connectivity index (χ2n) is 12.9. The van der Waals surface area contributed by atoms with Crippen molar-refractivity contribution in [3.63, 3.8) is 0 Å². The molecule has 37 heavy (non-hydrogen) atoms. The molecule has 2 rings (SSSR count). The number of amides is 1. The summed E-state index contributed by atoms with van der Waals surface area (Å²) >= 11 is 0. The van der Waals surface area contributed by atoms with Gasteiger partial charge in [-0.15, -0.1) is 0 Å². The van der Waals surface area contributed by atoms with Crippen LogP contribution in [-0.2, 0) is 25.5 Å². The van der Waals surface area contributed by atoms with E-state index in [0.717, 1.165) is 17.5 Å². The van der Waals surface area contributed by atoms with Crippen molar-refractivity contribution >= 4 is 17.9 Å². The summed E-state index contributed by atoms with van der Waals surface area (Å²) < 4.78 is 17.1. The van der Waals surface area contributed by atoms with E-state index >= 15 is 0 Å². The third-order valence-electron chi connectivity index (χ3n) is 5.61. The van der Waals surface area contributed by atoms with Gasteiger partial charge >= 0.3 is 12.1 Å². The maximum absolute atomic E-state index is 13.3. The fourth-order valence-electron chi connectivity index (χ4n) is 3.60. The van der Waals surface area contributed by atoms with Crippen LogP contribution >= 0.6 is 0 Å². The minimum absolute atomic E-state index is 0.184. The molecule has 1 aliphatic heterocycles. The Kier molecular flexibility index (Phi) is 9.28. The van der Waals surface area contributed by atoms with E-state index in [4.69, 9.17) is 24.8 Å². The van der Waals surface area contributed by atoms with Crippen LogP contribution in [0.2, 0.25) is 0 Å². The Morgan fingerprint density at radius 1 is 1.03 bits per heavy atom. The first-order valence-corrected chi connectivity index (χ1v) is 12.8. The second-order valence-corrected chi connectivity index (χ2v) is 12.9. The zero-order chi connectivity index (χ0) is 28.2. The normalized spacial score (nSPS) is 18.2. The van der Waals surface area contributed by atoms with E-state index in [-0.39, 0.29) is 5.41 Å². The van der Waals surface area contributed by atoms with Crippen molar-refractivity contribution in [1.29, 1.82) is 0 Å². The second kappa shape index (κ2) is 11.3. The summed E-state index contributed by atoms with van der Waals surface area (Å²) in [4.78, 5) is 35.7. The van der Waals surface area contributed by atoms with Crippen LogP contribution in [0.5, 0.6) is 5.75 Å². The topological polar surface area (TPSA) is 121 Å². The molecule has 9 heteroatoms. The molecule has 1 heterocycles. The molecule has 0 fully saturated rings. The van der Waals surface area contributed by atoms with E-state index in [1.54, 1.807) is 48.5 Å². The number of hydrogen-bond donors (Lipinski definition) is 2. The maximum Gasteiger partial charge on any atom is 0.431 e. The number of nitrogens with zero attached hydrogens (tertiary/aromatic N) is 1. The van der Waals surface area contributed by atoms with Crippen LogP contribution in [0, 0.1) is 5.41 Å². The van der Waals surface area contributed by atoms with Gasteiger partial charge in [0.05, 0.1) is 0 Å². The van der Waals surface area contributed by atoms with Gasteiger partial charge in [-0.05, 0) is 96.9 Å². The molecule has 1 aromatic carbocycles. The van der Waals surface area contributed by atoms with Crippen LogP contribution < -0.4 is 16.0 Å². The van der Waals surface area contributed by atoms with Crippen LogP contribution in [-0.4, -0.2) is 47.4 Å². The largest absolute Gasteiger partial charge is 0.486 e. The highest BCUT2D eigenvalue weighted by atomic mass is 16.7. The molecule has 1 aromatic rings. The number of carbonyl (C=O) groups excluding carboxylic acids is 2. The quantitative estimate of drug-likeness (QED) is 0.223. The predicted octanol–water partition coefficient (Wildman–Crippen LogP) is 5.08. The molecule has 0 spiro atoms. The van der Waals surface area contributed by atoms with Gasteiger partial charge in [-0.3, -0.25) is 4.99 Å². The number of aryl methyl sites for hydroxylation is 1. The first-order chi connectivity index (χ1) is 16.8. The lowest BCUT2D eigenvalue weighted by atomic mass is 9.90. The Morgan fingerprint density at radius 3 is 2.22 bits per heavy atom. The number of aliphatic imine (C=N–C) groups is 1. The number of hydrogen-bond acceptors (Lipinski definition) is 7. The molecule has 2 atom stereocenters. The molecule has 208 valence electrons. The fourth-order valence-corrected chi connectivity index (χ4v) is 3.60. The third-order valence-corrected chi connectivity index (χ3v) is 5.61. The number of carbonyl (C=O) groups is 2. The number of rotatable bonds is 7. The monoisotopic (exact) mass is 519 g/mol. The van der Waals surface area contributed by atoms with Gasteiger partial charge in [0.2, 0.25) is 5.60 Å². The molecule has 1 aliphatic rings. The lowest BCUT2D eigenvalue weighted by molar-refractivity contribution is -0.205. The highest BCUT2D eigenvalue weighted by molar-refractivity contribution is 5.97. The lowest BCUT2D eigenvalue weighted by Crippen LogP contribution is -2.58. The van der Waals surface area contributed by atoms with E-state index in [0.29, 0.717) is 31.0 Å². The van der Waals surface area contributed by atoms with E-state index in [1.165, 1.54) is 0 Å². The van der Waals surface area contributed by atoms with Crippen molar-refractivity contribution in [3.05, 3.63) is 29.3 Å². The van der Waals surface area contributed by atoms with Gasteiger partial charge in [0.1, 0.15) is 28.9 Å². The highest BCUT2D eigenvalue weighted by Crippen LogP contribution is 2.35. The van der Waals surface area contributed by atoms with Crippen molar-refractivity contribution < 1.29 is 28.6 Å². The molecule has 2 unspecified atom stereocenters. The average molecular weight is 520 g/mol. The molecule has 0 radical (unpaired) electrons. The number of ether oxygens (including phenoxy) is 3. The van der Waals surface area contributed by atoms with Crippen LogP contribution in [0.25, 0.3) is 0 Å². The molecule has 0 aromatic heterocycles. The van der Waals surface area contributed by atoms with E-state index < -0.39 is 35.0 Å². The van der Waals surface area contributed by atoms with Crippen LogP contribution in [0.3, 0.4) is 0 Å². The molecular weight excluding hydrogens is 474 g/mol. The highest BCUT2D eigenvalue weighted by Gasteiger charge is 2.50. The zero-order valence-electron chi connectivity index (χ0n) is 24.1. The van der Waals surface area contributed by atoms with Gasteiger partial charge in [-0.1, -0.05) is 20.8 Å². The van der Waals surface area contributed by atoms with Crippen molar-refractivity contribution in [2.24, 2.45) is 16.1 Å². The zero-order valence-corrected chi connectivity index (χ0v) is 24.1. The summed E-state index contributed by atoms with van der Waals surface area (Å²) in [5.74, 6) is 0.437. The minimum Gasteiger partial charge on any atom is -0.486 e. The number of nitrogens with two attached hydrogens (primary N) is 1. The van der Waals surface area contributed by atoms with Gasteiger partial charge < -0.3 is 19.9 Å². The summed E-state index contributed by atoms with van der Waals surface area (Å²) in [5.41, 5.74) is 7.32. The van der Waals surface area contributed by atoms with E-state index in [2.05, 4.69) is 31.2 Å². The Labute approximate surface area is 221 Å². The van der Waals surface area contributed by atoms with Crippen molar-refractivity contribution in [2.45, 2.75) is 111 Å². The van der Waals surface area contributed by atoms with Crippen molar-refractivity contribution in [1.82, 2.24) is 5.48 Å². The number of fused-ring (bicyclic) bond motifs is 1. The number of hydroxylamine groups is 1. The fraction of sp³-hybridized carbons (Fsp3) is 0.679. The molecule has 3 N–H and O–H groups in total. The summed E-state index contributed by atoms with van der Waals surface area (Å²) in [6.45, 7) is 19.2. The van der Waals surface area contributed by atoms with E-state index in [1.807, 2.05) is 18.2 Å². The smallest absolute Gasteiger partial charge is 0.431 e. The number of nitrogens with one attached hydrogen (secondary N) is 1. The molecule has 0 saturated carbocycles. The van der Waals surface area contributed by atoms with Crippen LogP contribution in [0.4, 0.5) is 4.79 Å². The van der Waals surface area contributed by atoms with Gasteiger partial charge in [-0.25, -0.2) is 14.4 Å². The summed E-state index contributed by atoms with van der Waals surface area (Å²) in [6, 6.07) is 5.63. The number of amidine groups is 1. The van der Waals surface area contributed by atoms with Gasteiger partial charge in [0, 0.05) is 12.1 Å². The Balaban J connectivity index is 2.23. The first-order valence-electron chi connectivity index (χ1n) is 12.8. The predicted molar refractivity (Wildman–Crippen MR) is 144 cm³/mol. The summed E-state index contributed by atoms with van der Waals surface area (Å²) in [5, 5.41) is 0. The van der Waals surface area contributed by atoms with Crippen LogP contribution in [0.1, 0.15) is 93.2 Å². The molecule has 1 amide bonds. The van der Waals surface area contributed by atoms with Gasteiger partial charge in [0.25, 0.3) is 0 Å². The first kappa shape index (κ1) is 30.4. The Bertz CT molecular complexity index is 1000. The third kappa shape index (κ3) is 9.54. The molecular formula is C28H45N3O6. The van der Waals surface area contributed by atoms with Gasteiger partial charge in [-0.2, -0.15) is 5.48 Å². The molecule has 0 bridgehead atoms. The van der Waals surface area contributed by atoms with Crippen molar-refractivity contribution in [3.8, 4) is 5.75 Å². The Morgan fingerprint density at radius 2 is 1.65 bits per heavy atom. The van der Waals surface area contributed by atoms with Gasteiger partial charge in [0.15, 0.2) is 0 Å². The van der Waals surface area contributed by atoms with E-state index in [9.17, 15) is 9.59 Å². The molecule has 0 aliphatic carbocycles. The van der Waals surface area contributed by atoms with Crippen molar-refractivity contribution in [2.75, 3.05) is 6.54 Å². The molecule has 0 saturated heterocycles. The average Bonchev–Trinajstić information content (AvgIpc) is 2.73.